The van der Waals surface area contributed by atoms with Gasteiger partial charge in [-0.05, 0) is 12.7 Å². The maximum atomic E-state index is 5.67. The van der Waals surface area contributed by atoms with Crippen molar-refractivity contribution in [2.45, 2.75) is 22.4 Å². The van der Waals surface area contributed by atoms with E-state index < -0.39 is 3.79 Å². The van der Waals surface area contributed by atoms with Crippen LogP contribution in [0.5, 0.6) is 0 Å². The van der Waals surface area contributed by atoms with Crippen molar-refractivity contribution < 1.29 is 0 Å². The molecule has 0 saturated heterocycles. The van der Waals surface area contributed by atoms with Crippen LogP contribution in [0.4, 0.5) is 0 Å². The number of hydrogen-bond donors (Lipinski definition) is 0. The van der Waals surface area contributed by atoms with Gasteiger partial charge < -0.3 is 0 Å². The van der Waals surface area contributed by atoms with Crippen LogP contribution in [0.25, 0.3) is 0 Å². The Kier molecular flexibility index (Phi) is 6.08. The van der Waals surface area contributed by atoms with Crippen LogP contribution >= 0.6 is 56.4 Å². The average Bonchev–Trinajstić information content (AvgIpc) is 1.80. The normalized spacial score (nSPS) is 15.3. The first-order valence-electron chi connectivity index (χ1n) is 2.78. The van der Waals surface area contributed by atoms with Crippen molar-refractivity contribution in [3.05, 3.63) is 0 Å². The summed E-state index contributed by atoms with van der Waals surface area (Å²) >= 11 is 17.0. The Hall–Kier alpha value is 1.57. The molecule has 0 aromatic heterocycles. The SMILES string of the molecule is CCC(SSC)C(Cl)(Cl)Cl. The zero-order chi connectivity index (χ0) is 8.20. The lowest BCUT2D eigenvalue weighted by Crippen LogP contribution is -2.19. The monoisotopic (exact) mass is 238 g/mol. The summed E-state index contributed by atoms with van der Waals surface area (Å²) in [6.45, 7) is 2.01. The molecule has 0 N–H and O–H groups in total. The van der Waals surface area contributed by atoms with Crippen LogP contribution in [0.1, 0.15) is 13.3 Å². The predicted octanol–water partition coefficient (Wildman–Crippen LogP) is 4.15. The van der Waals surface area contributed by atoms with Gasteiger partial charge in [-0.3, -0.25) is 0 Å². The fourth-order valence-corrected chi connectivity index (χ4v) is 3.83. The van der Waals surface area contributed by atoms with E-state index in [4.69, 9.17) is 34.8 Å². The lowest BCUT2D eigenvalue weighted by atomic mass is 10.4. The molecular weight excluding hydrogens is 231 g/mol. The van der Waals surface area contributed by atoms with Crippen LogP contribution in [0, 0.1) is 0 Å². The van der Waals surface area contributed by atoms with Crippen molar-refractivity contribution in [3.8, 4) is 0 Å². The van der Waals surface area contributed by atoms with E-state index in [9.17, 15) is 0 Å². The Balaban J connectivity index is 3.81. The lowest BCUT2D eigenvalue weighted by molar-refractivity contribution is 0.849. The molecule has 10 heavy (non-hydrogen) atoms. The number of hydrogen-bond acceptors (Lipinski definition) is 2. The smallest absolute Gasteiger partial charge is 0.0972 e. The summed E-state index contributed by atoms with van der Waals surface area (Å²) in [5, 5.41) is 0.0903. The molecule has 5 heteroatoms. The molecule has 0 aliphatic heterocycles. The van der Waals surface area contributed by atoms with E-state index in [0.717, 1.165) is 6.42 Å². The van der Waals surface area contributed by atoms with Gasteiger partial charge in [0.25, 0.3) is 0 Å². The van der Waals surface area contributed by atoms with Crippen LogP contribution in [0.3, 0.4) is 0 Å². The fourth-order valence-electron chi connectivity index (χ4n) is 0.470. The van der Waals surface area contributed by atoms with E-state index in [0.29, 0.717) is 0 Å². The molecule has 0 aromatic rings. The number of alkyl halides is 3. The van der Waals surface area contributed by atoms with Gasteiger partial charge in [-0.15, -0.1) is 0 Å². The van der Waals surface area contributed by atoms with E-state index in [1.54, 1.807) is 21.6 Å². The highest BCUT2D eigenvalue weighted by molar-refractivity contribution is 8.76. The molecule has 0 fully saturated rings. The topological polar surface area (TPSA) is 0 Å². The van der Waals surface area contributed by atoms with Gasteiger partial charge in [-0.1, -0.05) is 63.3 Å². The van der Waals surface area contributed by atoms with Gasteiger partial charge >= 0.3 is 0 Å². The van der Waals surface area contributed by atoms with Crippen molar-refractivity contribution in [2.75, 3.05) is 6.26 Å². The minimum atomic E-state index is -1.12. The summed E-state index contributed by atoms with van der Waals surface area (Å²) in [7, 11) is 3.23. The van der Waals surface area contributed by atoms with Gasteiger partial charge in [0.05, 0.1) is 5.25 Å². The maximum absolute atomic E-state index is 5.67. The van der Waals surface area contributed by atoms with Gasteiger partial charge in [0.15, 0.2) is 0 Å². The Morgan fingerprint density at radius 2 is 1.90 bits per heavy atom. The van der Waals surface area contributed by atoms with E-state index in [1.807, 2.05) is 13.2 Å². The summed E-state index contributed by atoms with van der Waals surface area (Å²) in [5.74, 6) is 0. The van der Waals surface area contributed by atoms with E-state index >= 15 is 0 Å². The van der Waals surface area contributed by atoms with Crippen molar-refractivity contribution in [3.63, 3.8) is 0 Å². The zero-order valence-electron chi connectivity index (χ0n) is 5.73. The van der Waals surface area contributed by atoms with Crippen LogP contribution in [0.15, 0.2) is 0 Å². The van der Waals surface area contributed by atoms with Gasteiger partial charge in [-0.25, -0.2) is 0 Å². The van der Waals surface area contributed by atoms with Gasteiger partial charge in [0, 0.05) is 0 Å². The molecule has 0 aliphatic rings. The Bertz CT molecular complexity index is 91.4. The highest BCUT2D eigenvalue weighted by atomic mass is 35.6. The molecule has 1 unspecified atom stereocenters. The third kappa shape index (κ3) is 4.45. The number of halogens is 3. The average molecular weight is 240 g/mol. The second-order valence-electron chi connectivity index (χ2n) is 1.70. The lowest BCUT2D eigenvalue weighted by Gasteiger charge is -2.20. The van der Waals surface area contributed by atoms with Crippen molar-refractivity contribution >= 4 is 56.4 Å². The van der Waals surface area contributed by atoms with E-state index in [-0.39, 0.29) is 5.25 Å². The summed E-state index contributed by atoms with van der Waals surface area (Å²) in [6.07, 6.45) is 2.85. The molecule has 0 bridgehead atoms. The third-order valence-corrected chi connectivity index (χ3v) is 4.51. The largest absolute Gasteiger partial charge is 0.203 e. The van der Waals surface area contributed by atoms with Gasteiger partial charge in [0.1, 0.15) is 0 Å². The Morgan fingerprint density at radius 1 is 1.40 bits per heavy atom. The van der Waals surface area contributed by atoms with E-state index in [1.165, 1.54) is 0 Å². The molecule has 0 aromatic carbocycles. The Morgan fingerprint density at radius 3 is 2.00 bits per heavy atom. The second kappa shape index (κ2) is 5.26. The summed E-state index contributed by atoms with van der Waals surface area (Å²) in [6, 6.07) is 0. The van der Waals surface area contributed by atoms with Crippen LogP contribution in [-0.2, 0) is 0 Å². The molecule has 0 amide bonds. The quantitative estimate of drug-likeness (QED) is 0.536. The highest BCUT2D eigenvalue weighted by Crippen LogP contribution is 2.42. The molecule has 0 heterocycles. The summed E-state index contributed by atoms with van der Waals surface area (Å²) in [5.41, 5.74) is 0. The standard InChI is InChI=1S/C5H9Cl3S2/c1-3-4(10-9-2)5(6,7)8/h4H,3H2,1-2H3. The first kappa shape index (κ1) is 11.6. The van der Waals surface area contributed by atoms with Crippen LogP contribution in [0.2, 0.25) is 0 Å². The van der Waals surface area contributed by atoms with Crippen molar-refractivity contribution in [2.24, 2.45) is 0 Å². The minimum Gasteiger partial charge on any atom is -0.0972 e. The van der Waals surface area contributed by atoms with Crippen molar-refractivity contribution in [1.29, 1.82) is 0 Å². The van der Waals surface area contributed by atoms with E-state index in [2.05, 4.69) is 0 Å². The second-order valence-corrected chi connectivity index (χ2v) is 6.74. The first-order chi connectivity index (χ1) is 4.52. The zero-order valence-corrected chi connectivity index (χ0v) is 9.64. The molecule has 0 saturated carbocycles. The Labute approximate surface area is 84.8 Å². The van der Waals surface area contributed by atoms with Crippen LogP contribution in [-0.4, -0.2) is 15.3 Å². The first-order valence-corrected chi connectivity index (χ1v) is 6.54. The predicted molar refractivity (Wildman–Crippen MR) is 55.5 cm³/mol. The van der Waals surface area contributed by atoms with Crippen LogP contribution < -0.4 is 0 Å². The summed E-state index contributed by atoms with van der Waals surface area (Å²) in [4.78, 5) is 0. The fraction of sp³-hybridized carbons (Fsp3) is 1.00. The molecule has 0 spiro atoms. The molecular formula is C5H9Cl3S2. The number of rotatable bonds is 3. The molecule has 0 aliphatic carbocycles. The van der Waals surface area contributed by atoms with Gasteiger partial charge in [0.2, 0.25) is 3.79 Å². The van der Waals surface area contributed by atoms with Crippen molar-refractivity contribution in [1.82, 2.24) is 0 Å². The third-order valence-electron chi connectivity index (χ3n) is 0.948. The molecule has 0 nitrogen and oxygen atoms in total. The van der Waals surface area contributed by atoms with Gasteiger partial charge in [-0.2, -0.15) is 0 Å². The maximum Gasteiger partial charge on any atom is 0.203 e. The minimum absolute atomic E-state index is 0.0903. The highest BCUT2D eigenvalue weighted by Gasteiger charge is 2.31. The molecule has 62 valence electrons. The molecule has 0 radical (unpaired) electrons. The summed E-state index contributed by atoms with van der Waals surface area (Å²) < 4.78 is -1.12. The molecule has 0 rings (SSSR count). The molecule has 1 atom stereocenters.